The van der Waals surface area contributed by atoms with Crippen molar-refractivity contribution in [2.45, 2.75) is 64.7 Å². The number of unbranched alkanes of at least 4 members (excludes halogenated alkanes) is 2. The van der Waals surface area contributed by atoms with Gasteiger partial charge in [-0.3, -0.25) is 14.7 Å². The van der Waals surface area contributed by atoms with Crippen LogP contribution in [0.15, 0.2) is 79.1 Å². The Morgan fingerprint density at radius 2 is 1.51 bits per heavy atom. The topological polar surface area (TPSA) is 75.7 Å². The van der Waals surface area contributed by atoms with Crippen LogP contribution in [0.25, 0.3) is 0 Å². The second-order valence-electron chi connectivity index (χ2n) is 10.6. The van der Waals surface area contributed by atoms with E-state index in [0.29, 0.717) is 25.3 Å². The zero-order chi connectivity index (χ0) is 30.5. The Morgan fingerprint density at radius 1 is 0.860 bits per heavy atom. The van der Waals surface area contributed by atoms with Crippen LogP contribution in [0, 0.1) is 0 Å². The van der Waals surface area contributed by atoms with Crippen LogP contribution in [0.4, 0.5) is 0 Å². The van der Waals surface area contributed by atoms with Gasteiger partial charge in [0.1, 0.15) is 0 Å². The molecule has 2 heterocycles. The first kappa shape index (κ1) is 36.4. The minimum Gasteiger partial charge on any atom is -0.379 e. The quantitative estimate of drug-likeness (QED) is 0.110. The van der Waals surface area contributed by atoms with Gasteiger partial charge in [-0.15, -0.1) is 0 Å². The minimum atomic E-state index is -0.110. The van der Waals surface area contributed by atoms with Crippen LogP contribution in [-0.4, -0.2) is 81.5 Å². The molecular formula is C36H56N4O3. The zero-order valence-corrected chi connectivity index (χ0v) is 26.6. The predicted octanol–water partition coefficient (Wildman–Crippen LogP) is 6.21. The number of morpholine rings is 1. The van der Waals surface area contributed by atoms with E-state index in [4.69, 9.17) is 9.47 Å². The van der Waals surface area contributed by atoms with Crippen LogP contribution in [0.1, 0.15) is 74.3 Å². The SMILES string of the molecule is CC/C=C\CC=CCC=CC/C=C\C/C=C\CCCCNCCOCCNC(=O)c1ccc(CCN2CCOCC2)nc1. The molecule has 0 unspecified atom stereocenters. The highest BCUT2D eigenvalue weighted by molar-refractivity contribution is 5.93. The van der Waals surface area contributed by atoms with Gasteiger partial charge in [0.25, 0.3) is 5.91 Å². The smallest absolute Gasteiger partial charge is 0.252 e. The molecule has 0 radical (unpaired) electrons. The van der Waals surface area contributed by atoms with Crippen molar-refractivity contribution in [2.75, 3.05) is 65.7 Å². The summed E-state index contributed by atoms with van der Waals surface area (Å²) in [5.74, 6) is -0.110. The lowest BCUT2D eigenvalue weighted by atomic mass is 10.2. The highest BCUT2D eigenvalue weighted by Gasteiger charge is 2.11. The number of ether oxygens (including phenoxy) is 2. The standard InChI is InChI=1S/C36H56N4O3/c1-2-3-4-5-6-7-8-9-10-11-12-13-14-15-16-17-18-19-23-37-24-29-42-30-25-38-36(41)34-20-21-35(39-33-34)22-26-40-27-31-43-32-28-40/h3-4,6-7,9-10,12-13,15-16,20-21,33,37H,2,5,8,11,14,17-19,22-32H2,1H3,(H,38,41)/b4-3-,7-6?,10-9?,13-12-,16-15-. The molecule has 2 N–H and O–H groups in total. The molecule has 1 aromatic rings. The number of hydrogen-bond donors (Lipinski definition) is 2. The minimum absolute atomic E-state index is 0.110. The fourth-order valence-electron chi connectivity index (χ4n) is 4.40. The van der Waals surface area contributed by atoms with E-state index in [9.17, 15) is 4.79 Å². The van der Waals surface area contributed by atoms with Gasteiger partial charge in [0, 0.05) is 51.0 Å². The van der Waals surface area contributed by atoms with Crippen LogP contribution in [-0.2, 0) is 15.9 Å². The van der Waals surface area contributed by atoms with E-state index in [1.54, 1.807) is 6.20 Å². The van der Waals surface area contributed by atoms with Gasteiger partial charge >= 0.3 is 0 Å². The van der Waals surface area contributed by atoms with Crippen LogP contribution in [0.2, 0.25) is 0 Å². The van der Waals surface area contributed by atoms with E-state index < -0.39 is 0 Å². The van der Waals surface area contributed by atoms with Gasteiger partial charge in [-0.2, -0.15) is 0 Å². The Labute approximate surface area is 261 Å². The molecule has 1 saturated heterocycles. The fraction of sp³-hybridized carbons (Fsp3) is 0.556. The molecule has 0 aliphatic carbocycles. The summed E-state index contributed by atoms with van der Waals surface area (Å²) in [6, 6.07) is 3.80. The Kier molecular flexibility index (Phi) is 22.6. The number of nitrogens with zero attached hydrogens (tertiary/aromatic N) is 2. The first-order valence-corrected chi connectivity index (χ1v) is 16.4. The summed E-state index contributed by atoms with van der Waals surface area (Å²) in [4.78, 5) is 19.2. The monoisotopic (exact) mass is 592 g/mol. The van der Waals surface area contributed by atoms with Gasteiger partial charge in [0.05, 0.1) is 32.0 Å². The number of carbonyl (C=O) groups is 1. The van der Waals surface area contributed by atoms with Crippen LogP contribution in [0.3, 0.4) is 0 Å². The summed E-state index contributed by atoms with van der Waals surface area (Å²) in [5.41, 5.74) is 1.59. The average molecular weight is 593 g/mol. The predicted molar refractivity (Wildman–Crippen MR) is 180 cm³/mol. The molecule has 43 heavy (non-hydrogen) atoms. The number of aromatic nitrogens is 1. The Morgan fingerprint density at radius 3 is 2.16 bits per heavy atom. The van der Waals surface area contributed by atoms with E-state index in [1.807, 2.05) is 12.1 Å². The van der Waals surface area contributed by atoms with E-state index in [-0.39, 0.29) is 5.91 Å². The number of rotatable bonds is 24. The lowest BCUT2D eigenvalue weighted by Gasteiger charge is -2.26. The number of nitrogens with one attached hydrogen (secondary N) is 2. The van der Waals surface area contributed by atoms with Crippen molar-refractivity contribution >= 4 is 5.91 Å². The van der Waals surface area contributed by atoms with E-state index >= 15 is 0 Å². The van der Waals surface area contributed by atoms with E-state index in [1.165, 1.54) is 6.42 Å². The van der Waals surface area contributed by atoms with E-state index in [2.05, 4.69) is 88.2 Å². The molecule has 1 fully saturated rings. The number of pyridine rings is 1. The molecule has 2 rings (SSSR count). The maximum atomic E-state index is 12.3. The summed E-state index contributed by atoms with van der Waals surface area (Å²) < 4.78 is 11.0. The molecule has 0 atom stereocenters. The van der Waals surface area contributed by atoms with Crippen molar-refractivity contribution in [2.24, 2.45) is 0 Å². The summed E-state index contributed by atoms with van der Waals surface area (Å²) in [7, 11) is 0. The normalized spacial score (nSPS) is 14.8. The van der Waals surface area contributed by atoms with E-state index in [0.717, 1.165) is 103 Å². The molecule has 7 heteroatoms. The summed E-state index contributed by atoms with van der Waals surface area (Å²) in [5, 5.41) is 6.33. The molecular weight excluding hydrogens is 536 g/mol. The molecule has 1 aliphatic rings. The lowest BCUT2D eigenvalue weighted by molar-refractivity contribution is 0.0383. The van der Waals surface area contributed by atoms with Gasteiger partial charge in [0.2, 0.25) is 0 Å². The number of carbonyl (C=O) groups excluding carboxylic acids is 1. The largest absolute Gasteiger partial charge is 0.379 e. The highest BCUT2D eigenvalue weighted by Crippen LogP contribution is 2.04. The first-order chi connectivity index (χ1) is 21.3. The molecule has 0 bridgehead atoms. The van der Waals surface area contributed by atoms with Gasteiger partial charge in [-0.1, -0.05) is 67.7 Å². The number of hydrogen-bond acceptors (Lipinski definition) is 6. The molecule has 238 valence electrons. The van der Waals surface area contributed by atoms with Crippen LogP contribution >= 0.6 is 0 Å². The fourth-order valence-corrected chi connectivity index (χ4v) is 4.40. The third-order valence-corrected chi connectivity index (χ3v) is 6.96. The Bertz CT molecular complexity index is 963. The van der Waals surface area contributed by atoms with Gasteiger partial charge in [-0.25, -0.2) is 0 Å². The molecule has 1 amide bonds. The third kappa shape index (κ3) is 20.7. The van der Waals surface area contributed by atoms with Gasteiger partial charge in [-0.05, 0) is 70.0 Å². The Balaban J connectivity index is 1.34. The van der Waals surface area contributed by atoms with Crippen molar-refractivity contribution in [3.05, 3.63) is 90.3 Å². The summed E-state index contributed by atoms with van der Waals surface area (Å²) >= 11 is 0. The van der Waals surface area contributed by atoms with Crippen LogP contribution in [0.5, 0.6) is 0 Å². The Hall–Kier alpha value is -2.84. The van der Waals surface area contributed by atoms with Crippen molar-refractivity contribution in [1.29, 1.82) is 0 Å². The zero-order valence-electron chi connectivity index (χ0n) is 26.6. The number of amides is 1. The van der Waals surface area contributed by atoms with Gasteiger partial charge < -0.3 is 20.1 Å². The maximum Gasteiger partial charge on any atom is 0.252 e. The summed E-state index contributed by atoms with van der Waals surface area (Å²) in [6.07, 6.45) is 33.5. The molecule has 1 aromatic heterocycles. The third-order valence-electron chi connectivity index (χ3n) is 6.96. The lowest BCUT2D eigenvalue weighted by Crippen LogP contribution is -2.37. The second kappa shape index (κ2) is 26.8. The van der Waals surface area contributed by atoms with Crippen molar-refractivity contribution in [3.8, 4) is 0 Å². The van der Waals surface area contributed by atoms with Crippen molar-refractivity contribution < 1.29 is 14.3 Å². The van der Waals surface area contributed by atoms with Crippen LogP contribution < -0.4 is 10.6 Å². The van der Waals surface area contributed by atoms with Crippen molar-refractivity contribution in [3.63, 3.8) is 0 Å². The molecule has 0 saturated carbocycles. The highest BCUT2D eigenvalue weighted by atomic mass is 16.5. The average Bonchev–Trinajstić information content (AvgIpc) is 3.04. The molecule has 7 nitrogen and oxygen atoms in total. The maximum absolute atomic E-state index is 12.3. The first-order valence-electron chi connectivity index (χ1n) is 16.4. The number of allylic oxidation sites excluding steroid dienone is 10. The van der Waals surface area contributed by atoms with Gasteiger partial charge in [0.15, 0.2) is 0 Å². The molecule has 0 spiro atoms. The second-order valence-corrected chi connectivity index (χ2v) is 10.6. The summed E-state index contributed by atoms with van der Waals surface area (Å²) in [6.45, 7) is 10.2. The molecule has 1 aliphatic heterocycles. The molecule has 0 aromatic carbocycles. The van der Waals surface area contributed by atoms with Crippen molar-refractivity contribution in [1.82, 2.24) is 20.5 Å².